The van der Waals surface area contributed by atoms with E-state index >= 15 is 0 Å². The van der Waals surface area contributed by atoms with Gasteiger partial charge in [-0.2, -0.15) is 0 Å². The van der Waals surface area contributed by atoms with E-state index in [2.05, 4.69) is 51.4 Å². The molecule has 0 amide bonds. The second kappa shape index (κ2) is 10.1. The van der Waals surface area contributed by atoms with Gasteiger partial charge in [-0.1, -0.05) is 41.6 Å². The van der Waals surface area contributed by atoms with Crippen LogP contribution in [0.3, 0.4) is 0 Å². The van der Waals surface area contributed by atoms with Gasteiger partial charge in [-0.05, 0) is 54.7 Å². The molecule has 0 aliphatic carbocycles. The summed E-state index contributed by atoms with van der Waals surface area (Å²) >= 11 is 0. The number of fused-ring (bicyclic) bond motifs is 1. The van der Waals surface area contributed by atoms with Crippen molar-refractivity contribution in [1.29, 1.82) is 0 Å². The summed E-state index contributed by atoms with van der Waals surface area (Å²) < 4.78 is 13.7. The van der Waals surface area contributed by atoms with E-state index in [0.29, 0.717) is 19.8 Å². The highest BCUT2D eigenvalue weighted by molar-refractivity contribution is 6.02. The normalized spacial score (nSPS) is 18.9. The zero-order chi connectivity index (χ0) is 23.3. The van der Waals surface area contributed by atoms with E-state index in [-0.39, 0.29) is 6.04 Å². The molecule has 7 heteroatoms. The third kappa shape index (κ3) is 4.84. The Bertz CT molecular complexity index is 1190. The number of methoxy groups -OCH3 is 1. The van der Waals surface area contributed by atoms with Crippen LogP contribution in [-0.2, 0) is 16.2 Å². The average Bonchev–Trinajstić information content (AvgIpc) is 3.31. The van der Waals surface area contributed by atoms with Crippen LogP contribution in [0.4, 0.5) is 0 Å². The first-order valence-corrected chi connectivity index (χ1v) is 11.7. The Morgan fingerprint density at radius 2 is 2.06 bits per heavy atom. The molecular weight excluding hydrogens is 428 g/mol. The Kier molecular flexibility index (Phi) is 6.62. The number of hydrogen-bond donors (Lipinski definition) is 0. The molecule has 0 N–H and O–H groups in total. The topological polar surface area (TPSA) is 61.1 Å². The van der Waals surface area contributed by atoms with Gasteiger partial charge in [0.1, 0.15) is 12.4 Å². The molecule has 1 atom stereocenters. The molecule has 0 saturated carbocycles. The summed E-state index contributed by atoms with van der Waals surface area (Å²) in [6.07, 6.45) is 8.01. The number of piperidine rings is 1. The van der Waals surface area contributed by atoms with E-state index < -0.39 is 0 Å². The number of benzene rings is 2. The lowest BCUT2D eigenvalue weighted by Crippen LogP contribution is -2.51. The molecular formula is C27H30N4O3. The van der Waals surface area contributed by atoms with Crippen molar-refractivity contribution < 1.29 is 14.3 Å². The zero-order valence-corrected chi connectivity index (χ0v) is 19.7. The Hall–Kier alpha value is -3.58. The SMILES string of the molecule is COc1cc(C=C2CCCN3C2=NOC[C@@H]3COCc2ccccc2)ccc1-n1cnc(C)c1. The molecule has 0 radical (unpaired) electrons. The zero-order valence-electron chi connectivity index (χ0n) is 19.7. The third-order valence-corrected chi connectivity index (χ3v) is 6.22. The van der Waals surface area contributed by atoms with E-state index in [9.17, 15) is 0 Å². The highest BCUT2D eigenvalue weighted by Gasteiger charge is 2.32. The number of ether oxygens (including phenoxy) is 2. The van der Waals surface area contributed by atoms with Gasteiger partial charge in [0.2, 0.25) is 0 Å². The summed E-state index contributed by atoms with van der Waals surface area (Å²) in [4.78, 5) is 12.3. The average molecular weight is 459 g/mol. The lowest BCUT2D eigenvalue weighted by molar-refractivity contribution is 0.00269. The Labute approximate surface area is 200 Å². The number of oxime groups is 1. The van der Waals surface area contributed by atoms with E-state index in [4.69, 9.17) is 14.3 Å². The second-order valence-electron chi connectivity index (χ2n) is 8.69. The fourth-order valence-corrected chi connectivity index (χ4v) is 4.50. The Balaban J connectivity index is 1.31. The number of nitrogens with zero attached hydrogens (tertiary/aromatic N) is 4. The summed E-state index contributed by atoms with van der Waals surface area (Å²) in [6.45, 7) is 4.68. The fraction of sp³-hybridized carbons (Fsp3) is 0.333. The first-order valence-electron chi connectivity index (χ1n) is 11.7. The maximum Gasteiger partial charge on any atom is 0.171 e. The summed E-state index contributed by atoms with van der Waals surface area (Å²) in [5.74, 6) is 1.72. The minimum atomic E-state index is 0.154. The molecule has 2 aliphatic rings. The Morgan fingerprint density at radius 3 is 2.85 bits per heavy atom. The maximum absolute atomic E-state index is 6.03. The van der Waals surface area contributed by atoms with Crippen LogP contribution in [0.15, 0.2) is 71.8 Å². The molecule has 5 rings (SSSR count). The van der Waals surface area contributed by atoms with Crippen LogP contribution in [0.1, 0.15) is 29.7 Å². The van der Waals surface area contributed by atoms with Crippen LogP contribution in [0.25, 0.3) is 11.8 Å². The minimum absolute atomic E-state index is 0.154. The molecule has 1 fully saturated rings. The first kappa shape index (κ1) is 22.2. The van der Waals surface area contributed by atoms with Crippen molar-refractivity contribution in [2.75, 3.05) is 26.9 Å². The van der Waals surface area contributed by atoms with Crippen molar-refractivity contribution in [3.63, 3.8) is 0 Å². The molecule has 176 valence electrons. The van der Waals surface area contributed by atoms with Gasteiger partial charge in [-0.3, -0.25) is 0 Å². The molecule has 1 saturated heterocycles. The number of amidine groups is 1. The van der Waals surface area contributed by atoms with Gasteiger partial charge in [-0.15, -0.1) is 0 Å². The summed E-state index contributed by atoms with van der Waals surface area (Å²) in [5, 5.41) is 4.43. The van der Waals surface area contributed by atoms with Gasteiger partial charge in [0.25, 0.3) is 0 Å². The van der Waals surface area contributed by atoms with Crippen molar-refractivity contribution in [2.24, 2.45) is 5.16 Å². The molecule has 3 heterocycles. The largest absolute Gasteiger partial charge is 0.495 e. The predicted molar refractivity (Wildman–Crippen MR) is 132 cm³/mol. The highest BCUT2D eigenvalue weighted by atomic mass is 16.6. The molecule has 3 aromatic rings. The molecule has 1 aromatic heterocycles. The van der Waals surface area contributed by atoms with Gasteiger partial charge in [0, 0.05) is 12.7 Å². The number of imidazole rings is 1. The van der Waals surface area contributed by atoms with E-state index in [1.165, 1.54) is 11.1 Å². The number of aryl methyl sites for hydroxylation is 1. The number of rotatable bonds is 7. The van der Waals surface area contributed by atoms with Crippen LogP contribution in [-0.4, -0.2) is 53.2 Å². The minimum Gasteiger partial charge on any atom is -0.495 e. The predicted octanol–water partition coefficient (Wildman–Crippen LogP) is 4.60. The van der Waals surface area contributed by atoms with E-state index in [1.807, 2.05) is 35.9 Å². The smallest absolute Gasteiger partial charge is 0.171 e. The molecule has 7 nitrogen and oxygen atoms in total. The lowest BCUT2D eigenvalue weighted by atomic mass is 9.98. The van der Waals surface area contributed by atoms with Crippen molar-refractivity contribution in [1.82, 2.24) is 14.5 Å². The van der Waals surface area contributed by atoms with Crippen LogP contribution in [0.5, 0.6) is 5.75 Å². The number of aromatic nitrogens is 2. The van der Waals surface area contributed by atoms with Crippen LogP contribution >= 0.6 is 0 Å². The Morgan fingerprint density at radius 1 is 1.18 bits per heavy atom. The van der Waals surface area contributed by atoms with Gasteiger partial charge in [0.05, 0.1) is 44.1 Å². The van der Waals surface area contributed by atoms with Crippen molar-refractivity contribution >= 4 is 11.9 Å². The standard InChI is InChI=1S/C27H30N4O3/c1-20-15-30(19-28-20)25-11-10-22(14-26(25)32-2)13-23-9-6-12-31-24(18-34-29-27(23)31)17-33-16-21-7-4-3-5-8-21/h3-5,7-8,10-11,13-15,19,24H,6,9,12,16-18H2,1-2H3/t24-/m0/s1. The van der Waals surface area contributed by atoms with Crippen LogP contribution in [0.2, 0.25) is 0 Å². The monoisotopic (exact) mass is 458 g/mol. The maximum atomic E-state index is 6.03. The van der Waals surface area contributed by atoms with E-state index in [0.717, 1.165) is 47.9 Å². The fourth-order valence-electron chi connectivity index (χ4n) is 4.50. The quantitative estimate of drug-likeness (QED) is 0.518. The summed E-state index contributed by atoms with van der Waals surface area (Å²) in [5.41, 5.74) is 5.35. The molecule has 0 bridgehead atoms. The molecule has 2 aliphatic heterocycles. The van der Waals surface area contributed by atoms with Crippen LogP contribution in [0, 0.1) is 6.92 Å². The third-order valence-electron chi connectivity index (χ3n) is 6.22. The lowest BCUT2D eigenvalue weighted by Gasteiger charge is -2.39. The van der Waals surface area contributed by atoms with Crippen molar-refractivity contribution in [3.8, 4) is 11.4 Å². The van der Waals surface area contributed by atoms with E-state index in [1.54, 1.807) is 13.4 Å². The van der Waals surface area contributed by atoms with Gasteiger partial charge in [-0.25, -0.2) is 4.98 Å². The molecule has 0 spiro atoms. The number of hydrogen-bond acceptors (Lipinski definition) is 6. The first-order chi connectivity index (χ1) is 16.7. The highest BCUT2D eigenvalue weighted by Crippen LogP contribution is 2.29. The van der Waals surface area contributed by atoms with Crippen molar-refractivity contribution in [2.45, 2.75) is 32.4 Å². The molecule has 0 unspecified atom stereocenters. The van der Waals surface area contributed by atoms with Gasteiger partial charge >= 0.3 is 0 Å². The van der Waals surface area contributed by atoms with Gasteiger partial charge < -0.3 is 23.8 Å². The van der Waals surface area contributed by atoms with Crippen molar-refractivity contribution in [3.05, 3.63) is 83.4 Å². The van der Waals surface area contributed by atoms with Crippen LogP contribution < -0.4 is 4.74 Å². The second-order valence-corrected chi connectivity index (χ2v) is 8.69. The summed E-state index contributed by atoms with van der Waals surface area (Å²) in [7, 11) is 1.70. The molecule has 34 heavy (non-hydrogen) atoms. The van der Waals surface area contributed by atoms with Gasteiger partial charge in [0.15, 0.2) is 5.84 Å². The summed E-state index contributed by atoms with van der Waals surface area (Å²) in [6, 6.07) is 16.6. The molecule has 2 aromatic carbocycles.